The Hall–Kier alpha value is -4.78. The molecule has 0 radical (unpaired) electrons. The molecule has 0 fully saturated rings. The van der Waals surface area contributed by atoms with Crippen molar-refractivity contribution in [3.05, 3.63) is 91.4 Å². The zero-order valence-electron chi connectivity index (χ0n) is 22.0. The van der Waals surface area contributed by atoms with Crippen molar-refractivity contribution in [2.75, 3.05) is 21.3 Å². The fraction of sp³-hybridized carbons (Fsp3) is 0.100. The van der Waals surface area contributed by atoms with Gasteiger partial charge in [0.1, 0.15) is 17.2 Å². The number of methoxy groups -OCH3 is 3. The van der Waals surface area contributed by atoms with Gasteiger partial charge in [0.05, 0.1) is 37.9 Å². The predicted molar refractivity (Wildman–Crippen MR) is 149 cm³/mol. The van der Waals surface area contributed by atoms with Crippen LogP contribution in [0.25, 0.3) is 32.7 Å². The Balaban J connectivity index is 0.000000163. The number of ether oxygens (including phenoxy) is 3. The van der Waals surface area contributed by atoms with Gasteiger partial charge in [-0.15, -0.1) is 0 Å². The minimum Gasteiger partial charge on any atom is -0.871 e. The molecule has 9 nitrogen and oxygen atoms in total. The van der Waals surface area contributed by atoms with Crippen molar-refractivity contribution >= 4 is 50.1 Å². The molecule has 10 heteroatoms. The predicted octanol–water partition coefficient (Wildman–Crippen LogP) is 3.57. The normalized spacial score (nSPS) is 9.97. The molecule has 3 heterocycles. The van der Waals surface area contributed by atoms with Gasteiger partial charge < -0.3 is 29.5 Å². The molecule has 0 aliphatic carbocycles. The average Bonchev–Trinajstić information content (AvgIpc) is 2.98. The molecule has 6 aromatic rings. The number of aromatic nitrogens is 3. The third-order valence-electron chi connectivity index (χ3n) is 5.74. The quantitative estimate of drug-likeness (QED) is 0.304. The summed E-state index contributed by atoms with van der Waals surface area (Å²) < 4.78 is 15.3. The molecule has 6 rings (SSSR count). The number of benzene rings is 3. The molecule has 0 N–H and O–H groups in total. The first kappa shape index (κ1) is 29.8. The second-order valence-corrected chi connectivity index (χ2v) is 8.00. The van der Waals surface area contributed by atoms with E-state index in [9.17, 15) is 15.3 Å². The summed E-state index contributed by atoms with van der Waals surface area (Å²) in [6.45, 7) is 0. The van der Waals surface area contributed by atoms with E-state index in [0.717, 1.165) is 16.2 Å². The van der Waals surface area contributed by atoms with Gasteiger partial charge in [0.2, 0.25) is 0 Å². The molecule has 0 spiro atoms. The molecule has 3 aromatic carbocycles. The van der Waals surface area contributed by atoms with E-state index in [2.05, 4.69) is 15.0 Å². The largest absolute Gasteiger partial charge is 3.00 e. The molecule has 0 aliphatic heterocycles. The van der Waals surface area contributed by atoms with Crippen molar-refractivity contribution in [2.45, 2.75) is 0 Å². The number of fused-ring (bicyclic) bond motifs is 3. The standard InChI is InChI=1S/3C10H9NO2.Al/c3*1-13-9-5-6-11-10-7(9)3-2-4-8(10)12;/h3*2-6,12H,1H3;/q;;;+3/p-3. The summed E-state index contributed by atoms with van der Waals surface area (Å²) in [6, 6.07) is 20.3. The summed E-state index contributed by atoms with van der Waals surface area (Å²) in [5, 5.41) is 36.3. The summed E-state index contributed by atoms with van der Waals surface area (Å²) in [5.74, 6) is 1.83. The van der Waals surface area contributed by atoms with E-state index >= 15 is 0 Å². The summed E-state index contributed by atoms with van der Waals surface area (Å²) in [5.41, 5.74) is 1.38. The molecule has 0 unspecified atom stereocenters. The van der Waals surface area contributed by atoms with Gasteiger partial charge >= 0.3 is 17.4 Å². The van der Waals surface area contributed by atoms with E-state index in [0.29, 0.717) is 33.8 Å². The average molecular weight is 550 g/mol. The van der Waals surface area contributed by atoms with Crippen LogP contribution in [0.2, 0.25) is 0 Å². The molecule has 0 bridgehead atoms. The topological polar surface area (TPSA) is 136 Å². The first-order valence-corrected chi connectivity index (χ1v) is 11.7. The Morgan fingerprint density at radius 3 is 0.975 bits per heavy atom. The minimum atomic E-state index is -0.0728. The van der Waals surface area contributed by atoms with Crippen molar-refractivity contribution < 1.29 is 29.5 Å². The monoisotopic (exact) mass is 549 g/mol. The zero-order valence-corrected chi connectivity index (χ0v) is 23.2. The smallest absolute Gasteiger partial charge is 0.871 e. The van der Waals surface area contributed by atoms with E-state index in [1.165, 1.54) is 18.2 Å². The van der Waals surface area contributed by atoms with Crippen molar-refractivity contribution in [1.82, 2.24) is 15.0 Å². The van der Waals surface area contributed by atoms with Gasteiger partial charge in [-0.1, -0.05) is 53.6 Å². The maximum Gasteiger partial charge on any atom is 3.00 e. The summed E-state index contributed by atoms with van der Waals surface area (Å²) in [7, 11) is 4.73. The van der Waals surface area contributed by atoms with Gasteiger partial charge in [0.25, 0.3) is 0 Å². The maximum absolute atomic E-state index is 11.3. The van der Waals surface area contributed by atoms with Gasteiger partial charge in [-0.2, -0.15) is 0 Å². The van der Waals surface area contributed by atoms with Gasteiger partial charge in [0.15, 0.2) is 0 Å². The molecule has 40 heavy (non-hydrogen) atoms. The van der Waals surface area contributed by atoms with Crippen LogP contribution in [0.3, 0.4) is 0 Å². The van der Waals surface area contributed by atoms with Crippen molar-refractivity contribution in [1.29, 1.82) is 0 Å². The number of rotatable bonds is 3. The van der Waals surface area contributed by atoms with E-state index in [4.69, 9.17) is 14.2 Å². The molecule has 0 atom stereocenters. The van der Waals surface area contributed by atoms with Crippen LogP contribution in [0.15, 0.2) is 91.4 Å². The van der Waals surface area contributed by atoms with E-state index < -0.39 is 0 Å². The molecule has 0 amide bonds. The third kappa shape index (κ3) is 6.43. The fourth-order valence-electron chi connectivity index (χ4n) is 3.90. The summed E-state index contributed by atoms with van der Waals surface area (Å²) >= 11 is 0. The van der Waals surface area contributed by atoms with Crippen LogP contribution in [0.4, 0.5) is 0 Å². The summed E-state index contributed by atoms with van der Waals surface area (Å²) in [6.07, 6.45) is 4.72. The zero-order chi connectivity index (χ0) is 27.8. The molecule has 0 saturated heterocycles. The van der Waals surface area contributed by atoms with Crippen LogP contribution in [0, 0.1) is 0 Å². The van der Waals surface area contributed by atoms with Crippen molar-refractivity contribution in [3.63, 3.8) is 0 Å². The van der Waals surface area contributed by atoms with Crippen molar-refractivity contribution in [2.24, 2.45) is 0 Å². The van der Waals surface area contributed by atoms with Crippen LogP contribution >= 0.6 is 0 Å². The second kappa shape index (κ2) is 13.9. The molecule has 198 valence electrons. The number of pyridine rings is 3. The second-order valence-electron chi connectivity index (χ2n) is 8.00. The van der Waals surface area contributed by atoms with Gasteiger partial charge in [-0.25, -0.2) is 0 Å². The third-order valence-corrected chi connectivity index (χ3v) is 5.74. The van der Waals surface area contributed by atoms with Crippen LogP contribution in [0.1, 0.15) is 0 Å². The molecular formula is C30H24AlN3O6. The molecular weight excluding hydrogens is 525 g/mol. The Morgan fingerprint density at radius 1 is 0.450 bits per heavy atom. The Morgan fingerprint density at radius 2 is 0.725 bits per heavy atom. The Bertz CT molecular complexity index is 1530. The van der Waals surface area contributed by atoms with Crippen molar-refractivity contribution in [3.8, 4) is 34.5 Å². The van der Waals surface area contributed by atoms with Crippen LogP contribution in [0.5, 0.6) is 34.5 Å². The minimum absolute atomic E-state index is 0. The van der Waals surface area contributed by atoms with E-state index in [-0.39, 0.29) is 34.6 Å². The Kier molecular flexibility index (Phi) is 10.3. The SMILES string of the molecule is COc1ccnc2c([O-])cccc12.COc1ccnc2c([O-])cccc12.COc1ccnc2c([O-])cccc12.[Al+3]. The van der Waals surface area contributed by atoms with Crippen LogP contribution in [-0.2, 0) is 0 Å². The van der Waals surface area contributed by atoms with Gasteiger partial charge in [0, 0.05) is 34.7 Å². The van der Waals surface area contributed by atoms with Crippen LogP contribution < -0.4 is 29.5 Å². The molecule has 0 aliphatic rings. The van der Waals surface area contributed by atoms with Gasteiger partial charge in [-0.05, 0) is 36.4 Å². The number of nitrogens with zero attached hydrogens (tertiary/aromatic N) is 3. The molecule has 3 aromatic heterocycles. The number of hydrogen-bond donors (Lipinski definition) is 0. The summed E-state index contributed by atoms with van der Waals surface area (Å²) in [4.78, 5) is 12.0. The number of para-hydroxylation sites is 3. The number of hydrogen-bond acceptors (Lipinski definition) is 9. The van der Waals surface area contributed by atoms with E-state index in [1.807, 2.05) is 18.2 Å². The van der Waals surface area contributed by atoms with Crippen LogP contribution in [-0.4, -0.2) is 53.6 Å². The fourth-order valence-corrected chi connectivity index (χ4v) is 3.90. The maximum atomic E-state index is 11.3. The first-order chi connectivity index (χ1) is 19.0. The van der Waals surface area contributed by atoms with Gasteiger partial charge in [-0.3, -0.25) is 15.0 Å². The Labute approximate surface area is 241 Å². The first-order valence-electron chi connectivity index (χ1n) is 11.7. The molecule has 0 saturated carbocycles. The van der Waals surface area contributed by atoms with E-state index in [1.54, 1.807) is 76.3 Å².